The quantitative estimate of drug-likeness (QED) is 0.391. The molecule has 0 aromatic carbocycles. The first-order valence-electron chi connectivity index (χ1n) is 8.55. The van der Waals surface area contributed by atoms with E-state index in [9.17, 15) is 0 Å². The molecule has 0 atom stereocenters. The first-order chi connectivity index (χ1) is 11.0. The van der Waals surface area contributed by atoms with Gasteiger partial charge in [-0.2, -0.15) is 0 Å². The summed E-state index contributed by atoms with van der Waals surface area (Å²) >= 11 is 1.78. The highest BCUT2D eigenvalue weighted by Crippen LogP contribution is 2.16. The zero-order valence-corrected chi connectivity index (χ0v) is 16.1. The van der Waals surface area contributed by atoms with Crippen molar-refractivity contribution in [3.05, 3.63) is 15.6 Å². The number of thiazole rings is 1. The van der Waals surface area contributed by atoms with Crippen LogP contribution in [0, 0.1) is 19.8 Å². The Balaban J connectivity index is 2.27. The number of aliphatic imine (C=N–C) groups is 1. The van der Waals surface area contributed by atoms with Crippen LogP contribution >= 0.6 is 11.3 Å². The van der Waals surface area contributed by atoms with Gasteiger partial charge in [0.25, 0.3) is 0 Å². The van der Waals surface area contributed by atoms with Crippen molar-refractivity contribution in [1.29, 1.82) is 0 Å². The van der Waals surface area contributed by atoms with E-state index in [1.807, 2.05) is 0 Å². The van der Waals surface area contributed by atoms with Gasteiger partial charge in [-0.1, -0.05) is 13.8 Å². The summed E-state index contributed by atoms with van der Waals surface area (Å²) in [7, 11) is 0. The minimum atomic E-state index is 0.677. The fraction of sp³-hybridized carbons (Fsp3) is 0.765. The normalized spacial score (nSPS) is 12.0. The minimum Gasteiger partial charge on any atom is -0.380 e. The lowest BCUT2D eigenvalue weighted by atomic mass is 10.1. The van der Waals surface area contributed by atoms with Gasteiger partial charge >= 0.3 is 0 Å². The molecular formula is C17H32N4OS. The van der Waals surface area contributed by atoms with Crippen LogP contribution in [0.2, 0.25) is 0 Å². The number of hydrogen-bond acceptors (Lipinski definition) is 4. The maximum atomic E-state index is 5.60. The molecule has 0 spiro atoms. The molecule has 1 aromatic heterocycles. The summed E-state index contributed by atoms with van der Waals surface area (Å²) < 4.78 is 5.60. The molecule has 0 aliphatic heterocycles. The summed E-state index contributed by atoms with van der Waals surface area (Å²) in [6, 6.07) is 0. The molecule has 23 heavy (non-hydrogen) atoms. The molecule has 1 rings (SSSR count). The zero-order valence-electron chi connectivity index (χ0n) is 15.2. The van der Waals surface area contributed by atoms with E-state index >= 15 is 0 Å². The molecule has 0 fully saturated rings. The van der Waals surface area contributed by atoms with Crippen LogP contribution in [0.5, 0.6) is 0 Å². The van der Waals surface area contributed by atoms with E-state index in [0.717, 1.165) is 49.2 Å². The molecule has 6 heteroatoms. The van der Waals surface area contributed by atoms with Crippen LogP contribution in [0.15, 0.2) is 4.99 Å². The summed E-state index contributed by atoms with van der Waals surface area (Å²) in [4.78, 5) is 10.4. The average molecular weight is 341 g/mol. The third-order valence-electron chi connectivity index (χ3n) is 3.33. The third kappa shape index (κ3) is 8.91. The van der Waals surface area contributed by atoms with Crippen LogP contribution in [0.3, 0.4) is 0 Å². The van der Waals surface area contributed by atoms with Gasteiger partial charge < -0.3 is 15.4 Å². The highest BCUT2D eigenvalue weighted by atomic mass is 32.1. The second-order valence-electron chi connectivity index (χ2n) is 5.97. The fourth-order valence-electron chi connectivity index (χ4n) is 2.08. The molecule has 0 saturated carbocycles. The summed E-state index contributed by atoms with van der Waals surface area (Å²) in [5.41, 5.74) is 1.15. The van der Waals surface area contributed by atoms with Crippen LogP contribution in [-0.2, 0) is 11.2 Å². The van der Waals surface area contributed by atoms with Gasteiger partial charge in [0.2, 0.25) is 0 Å². The van der Waals surface area contributed by atoms with Crippen molar-refractivity contribution in [2.75, 3.05) is 32.8 Å². The lowest BCUT2D eigenvalue weighted by molar-refractivity contribution is 0.130. The molecule has 2 N–H and O–H groups in total. The van der Waals surface area contributed by atoms with Crippen molar-refractivity contribution in [2.45, 2.75) is 47.5 Å². The van der Waals surface area contributed by atoms with Gasteiger partial charge in [-0.3, -0.25) is 4.99 Å². The molecule has 1 heterocycles. The Labute approximate surface area is 145 Å². The van der Waals surface area contributed by atoms with Crippen LogP contribution in [0.1, 0.15) is 42.8 Å². The van der Waals surface area contributed by atoms with Crippen molar-refractivity contribution < 1.29 is 4.74 Å². The van der Waals surface area contributed by atoms with E-state index in [1.54, 1.807) is 11.3 Å². The molecule has 0 aliphatic rings. The summed E-state index contributed by atoms with van der Waals surface area (Å²) in [6.07, 6.45) is 2.09. The van der Waals surface area contributed by atoms with Crippen molar-refractivity contribution in [2.24, 2.45) is 10.9 Å². The number of rotatable bonds is 10. The zero-order chi connectivity index (χ0) is 17.1. The van der Waals surface area contributed by atoms with E-state index in [-0.39, 0.29) is 0 Å². The van der Waals surface area contributed by atoms with Gasteiger partial charge in [-0.15, -0.1) is 11.3 Å². The van der Waals surface area contributed by atoms with Crippen LogP contribution < -0.4 is 10.6 Å². The summed E-state index contributed by atoms with van der Waals surface area (Å²) in [6.45, 7) is 14.5. The predicted octanol–water partition coefficient (Wildman–Crippen LogP) is 2.92. The average Bonchev–Trinajstić information content (AvgIpc) is 2.80. The first kappa shape index (κ1) is 19.9. The smallest absolute Gasteiger partial charge is 0.191 e. The molecule has 0 radical (unpaired) electrons. The van der Waals surface area contributed by atoms with Gasteiger partial charge in [-0.25, -0.2) is 4.98 Å². The van der Waals surface area contributed by atoms with Crippen molar-refractivity contribution in [3.8, 4) is 0 Å². The lowest BCUT2D eigenvalue weighted by Gasteiger charge is -2.11. The van der Waals surface area contributed by atoms with Crippen LogP contribution in [0.4, 0.5) is 0 Å². The molecule has 1 aromatic rings. The molecule has 5 nitrogen and oxygen atoms in total. The van der Waals surface area contributed by atoms with E-state index < -0.39 is 0 Å². The highest BCUT2D eigenvalue weighted by Gasteiger charge is 2.05. The van der Waals surface area contributed by atoms with E-state index in [2.05, 4.69) is 55.2 Å². The number of hydrogen-bond donors (Lipinski definition) is 2. The Kier molecular flexibility index (Phi) is 9.87. The Morgan fingerprint density at radius 2 is 2.04 bits per heavy atom. The van der Waals surface area contributed by atoms with E-state index in [4.69, 9.17) is 4.74 Å². The molecule has 0 saturated heterocycles. The molecule has 0 bridgehead atoms. The third-order valence-corrected chi connectivity index (χ3v) is 4.47. The standard InChI is InChI=1S/C17H32N4OS/c1-6-18-17(20-10-12-22-11-8-13(2)3)19-9-7-16-14(4)21-15(5)23-16/h13H,6-12H2,1-5H3,(H2,18,19,20). The maximum absolute atomic E-state index is 5.60. The van der Waals surface area contributed by atoms with Gasteiger partial charge in [0.1, 0.15) is 0 Å². The Bertz CT molecular complexity index is 471. The van der Waals surface area contributed by atoms with Crippen molar-refractivity contribution in [3.63, 3.8) is 0 Å². The monoisotopic (exact) mass is 340 g/mol. The molecule has 0 aliphatic carbocycles. The first-order valence-corrected chi connectivity index (χ1v) is 9.37. The highest BCUT2D eigenvalue weighted by molar-refractivity contribution is 7.11. The number of aryl methyl sites for hydroxylation is 2. The van der Waals surface area contributed by atoms with Crippen molar-refractivity contribution in [1.82, 2.24) is 15.6 Å². The largest absolute Gasteiger partial charge is 0.380 e. The fourth-order valence-corrected chi connectivity index (χ4v) is 3.02. The lowest BCUT2D eigenvalue weighted by Crippen LogP contribution is -2.38. The predicted molar refractivity (Wildman–Crippen MR) is 99.5 cm³/mol. The molecule has 0 amide bonds. The topological polar surface area (TPSA) is 58.5 Å². The molecule has 132 valence electrons. The second kappa shape index (κ2) is 11.4. The van der Waals surface area contributed by atoms with Gasteiger partial charge in [0, 0.05) is 31.0 Å². The number of guanidine groups is 1. The second-order valence-corrected chi connectivity index (χ2v) is 7.26. The Hall–Kier alpha value is -1.14. The number of aromatic nitrogens is 1. The SMILES string of the molecule is CCNC(=NCCOCCC(C)C)NCCc1sc(C)nc1C. The molecule has 0 unspecified atom stereocenters. The van der Waals surface area contributed by atoms with Gasteiger partial charge in [-0.05, 0) is 33.1 Å². The van der Waals surface area contributed by atoms with Crippen LogP contribution in [0.25, 0.3) is 0 Å². The van der Waals surface area contributed by atoms with Gasteiger partial charge in [0.15, 0.2) is 5.96 Å². The number of ether oxygens (including phenoxy) is 1. The van der Waals surface area contributed by atoms with E-state index in [1.165, 1.54) is 4.88 Å². The number of nitrogens with zero attached hydrogens (tertiary/aromatic N) is 2. The maximum Gasteiger partial charge on any atom is 0.191 e. The Morgan fingerprint density at radius 1 is 1.26 bits per heavy atom. The summed E-state index contributed by atoms with van der Waals surface area (Å²) in [5.74, 6) is 1.55. The van der Waals surface area contributed by atoms with E-state index in [0.29, 0.717) is 19.1 Å². The van der Waals surface area contributed by atoms with Crippen LogP contribution in [-0.4, -0.2) is 43.8 Å². The van der Waals surface area contributed by atoms with Gasteiger partial charge in [0.05, 0.1) is 23.9 Å². The Morgan fingerprint density at radius 3 is 2.65 bits per heavy atom. The number of nitrogens with one attached hydrogen (secondary N) is 2. The van der Waals surface area contributed by atoms with Crippen molar-refractivity contribution >= 4 is 17.3 Å². The minimum absolute atomic E-state index is 0.677. The molecular weight excluding hydrogens is 308 g/mol. The summed E-state index contributed by atoms with van der Waals surface area (Å²) in [5, 5.41) is 7.78.